The number of amides is 1. The van der Waals surface area contributed by atoms with Crippen molar-refractivity contribution in [3.05, 3.63) is 65.0 Å². The number of carbonyl (C=O) groups excluding carboxylic acids is 1. The number of anilines is 1. The summed E-state index contributed by atoms with van der Waals surface area (Å²) >= 11 is 1.43. The molecule has 0 saturated carbocycles. The minimum Gasteiger partial charge on any atom is -0.298 e. The Hall–Kier alpha value is -2.51. The van der Waals surface area contributed by atoms with Crippen LogP contribution in [0.4, 0.5) is 5.13 Å². The van der Waals surface area contributed by atoms with Crippen LogP contribution in [0.15, 0.2) is 59.5 Å². The molecule has 0 saturated heterocycles. The van der Waals surface area contributed by atoms with Crippen molar-refractivity contribution in [1.29, 1.82) is 0 Å². The molecule has 0 unspecified atom stereocenters. The van der Waals surface area contributed by atoms with Crippen LogP contribution in [-0.2, 0) is 9.84 Å². The molecule has 2 aromatic carbocycles. The number of thiazole rings is 1. The number of hydrogen-bond acceptors (Lipinski definition) is 5. The van der Waals surface area contributed by atoms with Gasteiger partial charge in [0.2, 0.25) is 0 Å². The highest BCUT2D eigenvalue weighted by molar-refractivity contribution is 7.90. The van der Waals surface area contributed by atoms with Gasteiger partial charge in [-0.25, -0.2) is 13.4 Å². The first kappa shape index (κ1) is 19.3. The predicted octanol–water partition coefficient (Wildman–Crippen LogP) is 4.59. The molecule has 5 nitrogen and oxygen atoms in total. The van der Waals surface area contributed by atoms with Gasteiger partial charge in [0.05, 0.1) is 10.6 Å². The van der Waals surface area contributed by atoms with Crippen LogP contribution in [0.2, 0.25) is 0 Å². The Morgan fingerprint density at radius 1 is 1.07 bits per heavy atom. The van der Waals surface area contributed by atoms with Crippen molar-refractivity contribution in [2.24, 2.45) is 0 Å². The third kappa shape index (κ3) is 4.43. The Morgan fingerprint density at radius 2 is 1.78 bits per heavy atom. The maximum Gasteiger partial charge on any atom is 0.257 e. The number of aromatic nitrogens is 1. The normalized spacial score (nSPS) is 11.6. The van der Waals surface area contributed by atoms with Crippen LogP contribution in [0, 0.1) is 0 Å². The zero-order valence-corrected chi connectivity index (χ0v) is 16.9. The maximum absolute atomic E-state index is 12.6. The topological polar surface area (TPSA) is 76.1 Å². The second kappa shape index (κ2) is 7.62. The van der Waals surface area contributed by atoms with Gasteiger partial charge in [-0.05, 0) is 24.1 Å². The smallest absolute Gasteiger partial charge is 0.257 e. The standard InChI is InChI=1S/C20H20N2O3S2/c1-13(2)18-17(14-8-5-4-6-9-14)21-20(26-18)22-19(23)15-10-7-11-16(12-15)27(3,24)25/h4-13H,1-3H3,(H,21,22,23). The summed E-state index contributed by atoms with van der Waals surface area (Å²) < 4.78 is 23.4. The van der Waals surface area contributed by atoms with E-state index >= 15 is 0 Å². The Morgan fingerprint density at radius 3 is 2.41 bits per heavy atom. The lowest BCUT2D eigenvalue weighted by Crippen LogP contribution is -2.12. The van der Waals surface area contributed by atoms with Crippen LogP contribution in [0.3, 0.4) is 0 Å². The van der Waals surface area contributed by atoms with Crippen LogP contribution in [-0.4, -0.2) is 25.6 Å². The minimum atomic E-state index is -3.37. The van der Waals surface area contributed by atoms with Gasteiger partial charge in [0, 0.05) is 22.3 Å². The molecule has 0 fully saturated rings. The summed E-state index contributed by atoms with van der Waals surface area (Å²) in [7, 11) is -3.37. The summed E-state index contributed by atoms with van der Waals surface area (Å²) in [6, 6.07) is 15.8. The second-order valence-corrected chi connectivity index (χ2v) is 9.55. The third-order valence-corrected chi connectivity index (χ3v) is 6.35. The van der Waals surface area contributed by atoms with Gasteiger partial charge in [0.15, 0.2) is 15.0 Å². The van der Waals surface area contributed by atoms with E-state index < -0.39 is 9.84 Å². The Bertz CT molecular complexity index is 1070. The van der Waals surface area contributed by atoms with E-state index in [2.05, 4.69) is 24.1 Å². The highest BCUT2D eigenvalue weighted by Crippen LogP contribution is 2.36. The molecule has 27 heavy (non-hydrogen) atoms. The number of benzene rings is 2. The van der Waals surface area contributed by atoms with E-state index in [0.717, 1.165) is 22.4 Å². The molecule has 0 bridgehead atoms. The second-order valence-electron chi connectivity index (χ2n) is 6.51. The highest BCUT2D eigenvalue weighted by Gasteiger charge is 2.18. The minimum absolute atomic E-state index is 0.113. The Kier molecular flexibility index (Phi) is 5.43. The summed E-state index contributed by atoms with van der Waals surface area (Å²) in [5.74, 6) is -0.124. The van der Waals surface area contributed by atoms with Crippen molar-refractivity contribution in [2.45, 2.75) is 24.7 Å². The molecule has 0 atom stereocenters. The number of hydrogen-bond donors (Lipinski definition) is 1. The average Bonchev–Trinajstić information content (AvgIpc) is 3.06. The lowest BCUT2D eigenvalue weighted by atomic mass is 10.1. The van der Waals surface area contributed by atoms with Crippen LogP contribution in [0.25, 0.3) is 11.3 Å². The molecule has 1 heterocycles. The van der Waals surface area contributed by atoms with E-state index in [1.165, 1.54) is 23.5 Å². The van der Waals surface area contributed by atoms with Gasteiger partial charge in [-0.1, -0.05) is 50.2 Å². The van der Waals surface area contributed by atoms with Gasteiger partial charge in [0.1, 0.15) is 0 Å². The quantitative estimate of drug-likeness (QED) is 0.680. The number of sulfone groups is 1. The molecule has 3 aromatic rings. The van der Waals surface area contributed by atoms with Crippen molar-refractivity contribution >= 4 is 32.2 Å². The van der Waals surface area contributed by atoms with Gasteiger partial charge in [-0.3, -0.25) is 10.1 Å². The van der Waals surface area contributed by atoms with E-state index in [9.17, 15) is 13.2 Å². The van der Waals surface area contributed by atoms with E-state index in [1.807, 2.05) is 30.3 Å². The molecule has 3 rings (SSSR count). The first-order chi connectivity index (χ1) is 12.8. The number of carbonyl (C=O) groups is 1. The SMILES string of the molecule is CC(C)c1sc(NC(=O)c2cccc(S(C)(=O)=O)c2)nc1-c1ccccc1. The fourth-order valence-electron chi connectivity index (χ4n) is 2.62. The lowest BCUT2D eigenvalue weighted by Gasteiger charge is -2.04. The fourth-order valence-corrected chi connectivity index (χ4v) is 4.27. The van der Waals surface area contributed by atoms with Crippen molar-refractivity contribution in [3.8, 4) is 11.3 Å². The van der Waals surface area contributed by atoms with Gasteiger partial charge in [-0.15, -0.1) is 11.3 Å². The molecule has 1 N–H and O–H groups in total. The van der Waals surface area contributed by atoms with E-state index in [-0.39, 0.29) is 22.3 Å². The van der Waals surface area contributed by atoms with Gasteiger partial charge in [-0.2, -0.15) is 0 Å². The van der Waals surface area contributed by atoms with Crippen LogP contribution < -0.4 is 5.32 Å². The molecular weight excluding hydrogens is 380 g/mol. The summed E-state index contributed by atoms with van der Waals surface area (Å²) in [5.41, 5.74) is 2.13. The molecule has 0 aliphatic heterocycles. The molecule has 0 aliphatic carbocycles. The van der Waals surface area contributed by atoms with Gasteiger partial charge < -0.3 is 0 Å². The molecule has 0 radical (unpaired) electrons. The highest BCUT2D eigenvalue weighted by atomic mass is 32.2. The number of rotatable bonds is 5. The molecule has 0 spiro atoms. The summed E-state index contributed by atoms with van der Waals surface area (Å²) in [6.07, 6.45) is 1.12. The van der Waals surface area contributed by atoms with E-state index in [0.29, 0.717) is 5.13 Å². The van der Waals surface area contributed by atoms with Crippen LogP contribution in [0.1, 0.15) is 35.0 Å². The molecule has 1 amide bonds. The predicted molar refractivity (Wildman–Crippen MR) is 109 cm³/mol. The molecule has 140 valence electrons. The first-order valence-electron chi connectivity index (χ1n) is 8.43. The third-order valence-electron chi connectivity index (χ3n) is 3.97. The Balaban J connectivity index is 1.91. The average molecular weight is 401 g/mol. The Labute approximate surface area is 163 Å². The van der Waals surface area contributed by atoms with E-state index in [4.69, 9.17) is 0 Å². The first-order valence-corrected chi connectivity index (χ1v) is 11.1. The molecular formula is C20H20N2O3S2. The van der Waals surface area contributed by atoms with Crippen molar-refractivity contribution in [2.75, 3.05) is 11.6 Å². The van der Waals surface area contributed by atoms with Crippen LogP contribution in [0.5, 0.6) is 0 Å². The molecule has 0 aliphatic rings. The van der Waals surface area contributed by atoms with Gasteiger partial charge in [0.25, 0.3) is 5.91 Å². The fraction of sp³-hybridized carbons (Fsp3) is 0.200. The number of nitrogens with one attached hydrogen (secondary N) is 1. The maximum atomic E-state index is 12.6. The lowest BCUT2D eigenvalue weighted by molar-refractivity contribution is 0.102. The largest absolute Gasteiger partial charge is 0.298 e. The summed E-state index contributed by atoms with van der Waals surface area (Å²) in [4.78, 5) is 18.4. The van der Waals surface area contributed by atoms with Crippen molar-refractivity contribution < 1.29 is 13.2 Å². The zero-order chi connectivity index (χ0) is 19.6. The van der Waals surface area contributed by atoms with Crippen molar-refractivity contribution in [1.82, 2.24) is 4.98 Å². The molecule has 1 aromatic heterocycles. The van der Waals surface area contributed by atoms with Gasteiger partial charge >= 0.3 is 0 Å². The zero-order valence-electron chi connectivity index (χ0n) is 15.3. The van der Waals surface area contributed by atoms with Crippen molar-refractivity contribution in [3.63, 3.8) is 0 Å². The monoisotopic (exact) mass is 400 g/mol. The molecule has 7 heteroatoms. The number of nitrogens with zero attached hydrogens (tertiary/aromatic N) is 1. The summed E-state index contributed by atoms with van der Waals surface area (Å²) in [6.45, 7) is 4.17. The van der Waals surface area contributed by atoms with Crippen LogP contribution >= 0.6 is 11.3 Å². The summed E-state index contributed by atoms with van der Waals surface area (Å²) in [5, 5.41) is 3.29. The van der Waals surface area contributed by atoms with E-state index in [1.54, 1.807) is 12.1 Å².